The van der Waals surface area contributed by atoms with E-state index in [0.717, 1.165) is 22.8 Å². The molecule has 92 valence electrons. The number of imidazole rings is 1. The number of thioether (sulfide) groups is 1. The van der Waals surface area contributed by atoms with Gasteiger partial charge in [0, 0.05) is 24.3 Å². The minimum absolute atomic E-state index is 0.261. The molecule has 0 aliphatic rings. The highest BCUT2D eigenvalue weighted by atomic mass is 32.2. The van der Waals surface area contributed by atoms with Crippen molar-refractivity contribution in [2.75, 3.05) is 12.4 Å². The van der Waals surface area contributed by atoms with Crippen LogP contribution in [0.5, 0.6) is 0 Å². The first-order valence-corrected chi connectivity index (χ1v) is 6.98. The summed E-state index contributed by atoms with van der Waals surface area (Å²) in [7, 11) is 0. The minimum atomic E-state index is 0.261. The number of aliphatic hydroxyl groups excluding tert-OH is 1. The average molecular weight is 250 g/mol. The van der Waals surface area contributed by atoms with Gasteiger partial charge in [0.25, 0.3) is 0 Å². The third kappa shape index (κ3) is 3.01. The molecular weight excluding hydrogens is 232 g/mol. The number of aromatic nitrogens is 2. The van der Waals surface area contributed by atoms with E-state index in [-0.39, 0.29) is 6.61 Å². The molecule has 1 atom stereocenters. The van der Waals surface area contributed by atoms with Crippen LogP contribution in [0.15, 0.2) is 24.4 Å². The van der Waals surface area contributed by atoms with Gasteiger partial charge in [-0.1, -0.05) is 13.0 Å². The van der Waals surface area contributed by atoms with E-state index in [1.165, 1.54) is 5.69 Å². The molecule has 4 heteroatoms. The summed E-state index contributed by atoms with van der Waals surface area (Å²) < 4.78 is 2.12. The number of hydrogen-bond acceptors (Lipinski definition) is 3. The number of nitrogens with zero attached hydrogens (tertiary/aromatic N) is 2. The standard InChI is InChI=1S/C13H18N2OS/c1-10(7-16)8-17-9-12-6-15-11(2)4-3-5-13(15)14-12/h3-6,10,16H,7-9H2,1-2H3/t10-/m0/s1. The molecule has 2 heterocycles. The fourth-order valence-corrected chi connectivity index (χ4v) is 2.66. The average Bonchev–Trinajstić information content (AvgIpc) is 2.73. The van der Waals surface area contributed by atoms with Crippen LogP contribution in [0.3, 0.4) is 0 Å². The molecule has 0 saturated carbocycles. The topological polar surface area (TPSA) is 37.5 Å². The lowest BCUT2D eigenvalue weighted by molar-refractivity contribution is 0.250. The Balaban J connectivity index is 2.02. The highest BCUT2D eigenvalue weighted by Crippen LogP contribution is 2.16. The highest BCUT2D eigenvalue weighted by molar-refractivity contribution is 7.98. The molecule has 0 unspecified atom stereocenters. The van der Waals surface area contributed by atoms with Gasteiger partial charge in [-0.3, -0.25) is 0 Å². The first-order valence-electron chi connectivity index (χ1n) is 5.83. The summed E-state index contributed by atoms with van der Waals surface area (Å²) in [5.74, 6) is 2.24. The lowest BCUT2D eigenvalue weighted by Crippen LogP contribution is -2.03. The molecular formula is C13H18N2OS. The van der Waals surface area contributed by atoms with Crippen molar-refractivity contribution in [1.82, 2.24) is 9.38 Å². The van der Waals surface area contributed by atoms with Gasteiger partial charge in [-0.15, -0.1) is 0 Å². The Morgan fingerprint density at radius 3 is 3.00 bits per heavy atom. The predicted octanol–water partition coefficient (Wildman–Crippen LogP) is 2.50. The zero-order valence-electron chi connectivity index (χ0n) is 10.3. The molecule has 0 saturated heterocycles. The van der Waals surface area contributed by atoms with Gasteiger partial charge in [0.1, 0.15) is 5.65 Å². The quantitative estimate of drug-likeness (QED) is 0.886. The number of rotatable bonds is 5. The summed E-state index contributed by atoms with van der Waals surface area (Å²) in [6.07, 6.45) is 2.10. The molecule has 0 radical (unpaired) electrons. The Kier molecular flexibility index (Phi) is 4.07. The number of aryl methyl sites for hydroxylation is 1. The lowest BCUT2D eigenvalue weighted by atomic mass is 10.2. The number of hydrogen-bond donors (Lipinski definition) is 1. The molecule has 0 amide bonds. The van der Waals surface area contributed by atoms with Crippen molar-refractivity contribution in [1.29, 1.82) is 0 Å². The van der Waals surface area contributed by atoms with Crippen LogP contribution in [-0.4, -0.2) is 26.9 Å². The smallest absolute Gasteiger partial charge is 0.137 e. The van der Waals surface area contributed by atoms with Crippen LogP contribution in [0.4, 0.5) is 0 Å². The Morgan fingerprint density at radius 2 is 2.29 bits per heavy atom. The number of pyridine rings is 1. The van der Waals surface area contributed by atoms with Crippen LogP contribution in [0.1, 0.15) is 18.3 Å². The van der Waals surface area contributed by atoms with E-state index in [9.17, 15) is 0 Å². The highest BCUT2D eigenvalue weighted by Gasteiger charge is 2.05. The third-order valence-electron chi connectivity index (χ3n) is 2.71. The molecule has 0 bridgehead atoms. The maximum atomic E-state index is 8.95. The van der Waals surface area contributed by atoms with Crippen LogP contribution in [0.25, 0.3) is 5.65 Å². The summed E-state index contributed by atoms with van der Waals surface area (Å²) in [4.78, 5) is 4.58. The Hall–Kier alpha value is -1.00. The van der Waals surface area contributed by atoms with E-state index in [1.807, 2.05) is 23.9 Å². The molecule has 2 aromatic heterocycles. The molecule has 0 aliphatic heterocycles. The molecule has 0 aliphatic carbocycles. The maximum absolute atomic E-state index is 8.95. The van der Waals surface area contributed by atoms with Crippen molar-refractivity contribution in [3.63, 3.8) is 0 Å². The Bertz CT molecular complexity index is 495. The molecule has 3 nitrogen and oxygen atoms in total. The zero-order chi connectivity index (χ0) is 12.3. The van der Waals surface area contributed by atoms with E-state index in [2.05, 4.69) is 35.5 Å². The Morgan fingerprint density at radius 1 is 1.47 bits per heavy atom. The van der Waals surface area contributed by atoms with Crippen LogP contribution >= 0.6 is 11.8 Å². The lowest BCUT2D eigenvalue weighted by Gasteiger charge is -2.05. The van der Waals surface area contributed by atoms with Crippen molar-refractivity contribution < 1.29 is 5.11 Å². The summed E-state index contributed by atoms with van der Waals surface area (Å²) in [6.45, 7) is 4.40. The normalized spacial score (nSPS) is 13.1. The van der Waals surface area contributed by atoms with Crippen LogP contribution in [0.2, 0.25) is 0 Å². The molecule has 0 spiro atoms. The molecule has 0 aromatic carbocycles. The fraction of sp³-hybridized carbons (Fsp3) is 0.462. The minimum Gasteiger partial charge on any atom is -0.396 e. The summed E-state index contributed by atoms with van der Waals surface area (Å²) >= 11 is 1.82. The van der Waals surface area contributed by atoms with Crippen molar-refractivity contribution in [3.05, 3.63) is 35.8 Å². The van der Waals surface area contributed by atoms with Gasteiger partial charge >= 0.3 is 0 Å². The van der Waals surface area contributed by atoms with Gasteiger partial charge in [-0.05, 0) is 30.7 Å². The largest absolute Gasteiger partial charge is 0.396 e. The van der Waals surface area contributed by atoms with Crippen molar-refractivity contribution in [2.24, 2.45) is 5.92 Å². The van der Waals surface area contributed by atoms with Crippen molar-refractivity contribution in [3.8, 4) is 0 Å². The van der Waals surface area contributed by atoms with Gasteiger partial charge in [0.15, 0.2) is 0 Å². The summed E-state index contributed by atoms with van der Waals surface area (Å²) in [6, 6.07) is 6.14. The molecule has 0 fully saturated rings. The zero-order valence-corrected chi connectivity index (χ0v) is 11.1. The van der Waals surface area contributed by atoms with Crippen molar-refractivity contribution >= 4 is 17.4 Å². The van der Waals surface area contributed by atoms with E-state index in [4.69, 9.17) is 5.11 Å². The summed E-state index contributed by atoms with van der Waals surface area (Å²) in [5.41, 5.74) is 3.32. The fourth-order valence-electron chi connectivity index (χ4n) is 1.69. The maximum Gasteiger partial charge on any atom is 0.137 e. The van der Waals surface area contributed by atoms with Gasteiger partial charge in [-0.2, -0.15) is 11.8 Å². The summed E-state index contributed by atoms with van der Waals surface area (Å²) in [5, 5.41) is 8.95. The van der Waals surface area contributed by atoms with Gasteiger partial charge < -0.3 is 9.51 Å². The van der Waals surface area contributed by atoms with E-state index in [1.54, 1.807) is 0 Å². The van der Waals surface area contributed by atoms with Crippen molar-refractivity contribution in [2.45, 2.75) is 19.6 Å². The monoisotopic (exact) mass is 250 g/mol. The van der Waals surface area contributed by atoms with Gasteiger partial charge in [0.2, 0.25) is 0 Å². The molecule has 2 rings (SSSR count). The van der Waals surface area contributed by atoms with Crippen LogP contribution in [0, 0.1) is 12.8 Å². The predicted molar refractivity (Wildman–Crippen MR) is 72.3 cm³/mol. The second-order valence-corrected chi connectivity index (χ2v) is 5.46. The number of fused-ring (bicyclic) bond motifs is 1. The van der Waals surface area contributed by atoms with E-state index < -0.39 is 0 Å². The third-order valence-corrected chi connectivity index (χ3v) is 4.01. The van der Waals surface area contributed by atoms with Crippen LogP contribution in [-0.2, 0) is 5.75 Å². The van der Waals surface area contributed by atoms with Crippen LogP contribution < -0.4 is 0 Å². The second kappa shape index (κ2) is 5.56. The first-order chi connectivity index (χ1) is 8.20. The Labute approximate surface area is 106 Å². The second-order valence-electron chi connectivity index (χ2n) is 4.43. The van der Waals surface area contributed by atoms with Gasteiger partial charge in [0.05, 0.1) is 5.69 Å². The molecule has 17 heavy (non-hydrogen) atoms. The van der Waals surface area contributed by atoms with E-state index >= 15 is 0 Å². The number of aliphatic hydroxyl groups is 1. The van der Waals surface area contributed by atoms with Gasteiger partial charge in [-0.25, -0.2) is 4.98 Å². The van der Waals surface area contributed by atoms with E-state index in [0.29, 0.717) is 5.92 Å². The SMILES string of the molecule is Cc1cccc2nc(CSC[C@@H](C)CO)cn12. The first kappa shape index (κ1) is 12.5. The molecule has 1 N–H and O–H groups in total. The molecule has 2 aromatic rings.